The number of ether oxygens (including phenoxy) is 13. The van der Waals surface area contributed by atoms with Crippen LogP contribution in [0.5, 0.6) is 0 Å². The van der Waals surface area contributed by atoms with E-state index < -0.39 is 149 Å². The molecule has 1 N–H and O–H groups in total. The van der Waals surface area contributed by atoms with Gasteiger partial charge in [-0.2, -0.15) is 0 Å². The van der Waals surface area contributed by atoms with E-state index in [1.165, 1.54) is 93.6 Å². The van der Waals surface area contributed by atoms with Crippen molar-refractivity contribution in [1.29, 1.82) is 5.41 Å². The van der Waals surface area contributed by atoms with Gasteiger partial charge in [0.2, 0.25) is 12.2 Å². The van der Waals surface area contributed by atoms with Gasteiger partial charge in [-0.05, 0) is 93.6 Å². The minimum Gasteiger partial charge on any atom is -0.453 e. The molecule has 0 spiro atoms. The van der Waals surface area contributed by atoms with E-state index in [1.807, 2.05) is 0 Å². The maximum atomic E-state index is 14.8. The van der Waals surface area contributed by atoms with Crippen LogP contribution in [0.3, 0.4) is 0 Å². The molecular weight excluding hydrogens is 1240 g/mol. The molecule has 6 aromatic rings. The lowest BCUT2D eigenvalue weighted by molar-refractivity contribution is -0.373. The molecule has 3 fully saturated rings. The van der Waals surface area contributed by atoms with Crippen molar-refractivity contribution in [1.82, 2.24) is 0 Å². The van der Waals surface area contributed by atoms with Crippen molar-refractivity contribution in [2.75, 3.05) is 5.88 Å². The maximum Gasteiger partial charge on any atom is 0.338 e. The maximum absolute atomic E-state index is 14.8. The average molecular weight is 1300 g/mol. The topological polar surface area (TPSA) is 263 Å². The number of rotatable bonds is 19. The molecule has 0 bridgehead atoms. The fourth-order valence-corrected chi connectivity index (χ4v) is 10.0. The second-order valence-corrected chi connectivity index (χ2v) is 22.8. The van der Waals surface area contributed by atoms with E-state index in [0.717, 1.165) is 0 Å². The number of halogens is 4. The average Bonchev–Trinajstić information content (AvgIpc) is 0.901. The molecule has 0 radical (unpaired) electrons. The fraction of sp³-hybridized carbons (Fsp3) is 0.312. The number of alkyl halides is 4. The Morgan fingerprint density at radius 3 is 0.899 bits per heavy atom. The summed E-state index contributed by atoms with van der Waals surface area (Å²) in [7, 11) is 0. The lowest BCUT2D eigenvalue weighted by Gasteiger charge is -2.50. The van der Waals surface area contributed by atoms with Crippen molar-refractivity contribution >= 4 is 94.1 Å². The van der Waals surface area contributed by atoms with Crippen LogP contribution in [0.2, 0.25) is 0 Å². The normalized spacial score (nSPS) is 26.6. The van der Waals surface area contributed by atoms with Crippen LogP contribution < -0.4 is 0 Å². The van der Waals surface area contributed by atoms with Gasteiger partial charge in [-0.25, -0.2) is 28.8 Å². The quantitative estimate of drug-likeness (QED) is 0.0260. The first kappa shape index (κ1) is 65.5. The van der Waals surface area contributed by atoms with Crippen molar-refractivity contribution in [2.24, 2.45) is 0 Å². The zero-order valence-corrected chi connectivity index (χ0v) is 50.4. The van der Waals surface area contributed by atoms with Crippen LogP contribution in [-0.2, 0) is 66.4 Å². The van der Waals surface area contributed by atoms with E-state index in [2.05, 4.69) is 0 Å². The summed E-state index contributed by atoms with van der Waals surface area (Å²) in [5, 5.41) is 8.74. The van der Waals surface area contributed by atoms with Crippen molar-refractivity contribution in [3.05, 3.63) is 215 Å². The molecule has 15 atom stereocenters. The first-order valence-electron chi connectivity index (χ1n) is 27.7. The summed E-state index contributed by atoms with van der Waals surface area (Å²) >= 11 is 24.7. The van der Waals surface area contributed by atoms with Crippen molar-refractivity contribution in [3.63, 3.8) is 0 Å². The van der Waals surface area contributed by atoms with Gasteiger partial charge in [0.1, 0.15) is 12.0 Å². The summed E-state index contributed by atoms with van der Waals surface area (Å²) < 4.78 is 79.9. The van der Waals surface area contributed by atoms with Crippen LogP contribution in [0, 0.1) is 5.41 Å². The Bertz CT molecular complexity index is 3410. The highest BCUT2D eigenvalue weighted by molar-refractivity contribution is 6.76. The molecule has 0 unspecified atom stereocenters. The molecule has 0 aliphatic carbocycles. The number of carbonyl (C=O) groups excluding carboxylic acids is 7. The number of benzene rings is 6. The van der Waals surface area contributed by atoms with Gasteiger partial charge in [-0.1, -0.05) is 144 Å². The van der Waals surface area contributed by atoms with Gasteiger partial charge in [0.15, 0.2) is 61.4 Å². The third kappa shape index (κ3) is 16.5. The van der Waals surface area contributed by atoms with E-state index in [0.29, 0.717) is 0 Å². The van der Waals surface area contributed by atoms with Gasteiger partial charge in [-0.3, -0.25) is 10.2 Å². The summed E-state index contributed by atoms with van der Waals surface area (Å²) in [6.45, 7) is 4.30. The van der Waals surface area contributed by atoms with E-state index in [1.54, 1.807) is 109 Å². The van der Waals surface area contributed by atoms with Gasteiger partial charge in [0, 0.05) is 0 Å². The predicted molar refractivity (Wildman–Crippen MR) is 316 cm³/mol. The molecule has 6 aromatic carbocycles. The Balaban J connectivity index is 1.20. The molecule has 0 amide bonds. The summed E-state index contributed by atoms with van der Waals surface area (Å²) in [5.74, 6) is -8.71. The molecule has 466 valence electrons. The Hall–Kier alpha value is -7.96. The van der Waals surface area contributed by atoms with Crippen LogP contribution in [0.1, 0.15) is 82.9 Å². The van der Waals surface area contributed by atoms with E-state index in [9.17, 15) is 33.6 Å². The lowest BCUT2D eigenvalue weighted by Crippen LogP contribution is -2.68. The number of nitrogens with one attached hydrogen (secondary N) is 1. The molecule has 0 saturated carbocycles. The Morgan fingerprint density at radius 1 is 0.348 bits per heavy atom. The van der Waals surface area contributed by atoms with Crippen molar-refractivity contribution in [3.8, 4) is 0 Å². The summed E-state index contributed by atoms with van der Waals surface area (Å²) in [4.78, 5) is 99.5. The first-order chi connectivity index (χ1) is 42.8. The smallest absolute Gasteiger partial charge is 0.338 e. The van der Waals surface area contributed by atoms with Crippen LogP contribution in [0.15, 0.2) is 182 Å². The standard InChI is InChI=1S/C64H57Cl4NO20/c1-35-45(81-54(71)38-22-10-4-11-23-38)48(80-44(70)34-65)51(85-58(75)42-30-18-8-19-31-42)60(77-35)87-50-47(83-56(73)40-26-14-6-15-27-40)37(3)78-61(52(50)86-59(76)43-32-20-9-21-33-43)88-53-49(84-57(74)41-28-16-7-17-29-41)46(82-55(72)39-24-12-5-13-25-39)36(2)79-62(53)89-63(69)64(66,67)68/h4-33,35-37,45-53,60-62,69H,34H2,1-3H3/t35-,36-,37-,45-,46-,47-,48+,49+,50+,51+,52+,53+,60-,61-,62-/m0/s1. The molecule has 0 aromatic heterocycles. The molecule has 3 saturated heterocycles. The molecule has 3 heterocycles. The Kier molecular flexibility index (Phi) is 22.1. The molecular formula is C64H57Cl4NO20. The molecule has 89 heavy (non-hydrogen) atoms. The molecule has 3 aliphatic rings. The van der Waals surface area contributed by atoms with Gasteiger partial charge in [0.05, 0.1) is 51.7 Å². The molecule has 25 heteroatoms. The highest BCUT2D eigenvalue weighted by Gasteiger charge is 2.60. The highest BCUT2D eigenvalue weighted by atomic mass is 35.6. The highest BCUT2D eigenvalue weighted by Crippen LogP contribution is 2.40. The van der Waals surface area contributed by atoms with Crippen molar-refractivity contribution < 1.29 is 95.1 Å². The fourth-order valence-electron chi connectivity index (χ4n) is 9.81. The minimum absolute atomic E-state index is 0.00936. The van der Waals surface area contributed by atoms with Gasteiger partial charge in [-0.15, -0.1) is 11.6 Å². The minimum atomic E-state index is -2.56. The van der Waals surface area contributed by atoms with E-state index in [-0.39, 0.29) is 33.4 Å². The van der Waals surface area contributed by atoms with Crippen LogP contribution in [0.25, 0.3) is 0 Å². The van der Waals surface area contributed by atoms with Gasteiger partial charge >= 0.3 is 41.8 Å². The Morgan fingerprint density at radius 2 is 0.596 bits per heavy atom. The molecule has 3 aliphatic heterocycles. The van der Waals surface area contributed by atoms with Crippen LogP contribution >= 0.6 is 46.4 Å². The van der Waals surface area contributed by atoms with Crippen LogP contribution in [-0.4, -0.2) is 149 Å². The second kappa shape index (κ2) is 30.0. The monoisotopic (exact) mass is 1300 g/mol. The zero-order valence-electron chi connectivity index (χ0n) is 47.4. The molecule has 9 rings (SSSR count). The largest absolute Gasteiger partial charge is 0.453 e. The zero-order chi connectivity index (χ0) is 63.4. The van der Waals surface area contributed by atoms with E-state index in [4.69, 9.17) is 113 Å². The number of hydrogen-bond acceptors (Lipinski definition) is 21. The van der Waals surface area contributed by atoms with E-state index >= 15 is 0 Å². The summed E-state index contributed by atoms with van der Waals surface area (Å²) in [6, 6.07) is 46.1. The number of esters is 7. The third-order valence-corrected chi connectivity index (χ3v) is 14.9. The number of carbonyl (C=O) groups is 7. The molecule has 21 nitrogen and oxygen atoms in total. The third-order valence-electron chi connectivity index (χ3n) is 14.1. The second-order valence-electron chi connectivity index (χ2n) is 20.3. The SMILES string of the molecule is C[C@@H]1O[C@@H](O[C@@H]2[C@@H](OC(=O)c3ccccc3)[C@H](C)O[C@@H](O[C@H]3[C@H](OC(=N)C(Cl)(Cl)Cl)O[C@@H](C)[C@H](OC(=O)c4ccccc4)[C@H]3OC(=O)c3ccccc3)[C@@H]2OC(=O)c2ccccc2)[C@H](OC(=O)c2ccccc2)[C@H](OC(=O)CCl)[C@H]1OC(=O)c1ccccc1. The van der Waals surface area contributed by atoms with Gasteiger partial charge < -0.3 is 61.6 Å². The van der Waals surface area contributed by atoms with Gasteiger partial charge in [0.25, 0.3) is 3.79 Å². The van der Waals surface area contributed by atoms with Crippen LogP contribution in [0.4, 0.5) is 0 Å². The first-order valence-corrected chi connectivity index (χ1v) is 29.4. The summed E-state index contributed by atoms with van der Waals surface area (Å²) in [6.07, 6.45) is -26.6. The lowest BCUT2D eigenvalue weighted by atomic mass is 9.95. The van der Waals surface area contributed by atoms with Crippen molar-refractivity contribution in [2.45, 2.75) is 117 Å². The number of hydrogen-bond donors (Lipinski definition) is 1. The summed E-state index contributed by atoms with van der Waals surface area (Å²) in [5.41, 5.74) is 0.134. The Labute approximate surface area is 529 Å². The predicted octanol–water partition coefficient (Wildman–Crippen LogP) is 9.86.